The van der Waals surface area contributed by atoms with Gasteiger partial charge in [0.15, 0.2) is 18.9 Å². The van der Waals surface area contributed by atoms with Crippen LogP contribution in [0.1, 0.15) is 49.1 Å². The summed E-state index contributed by atoms with van der Waals surface area (Å²) in [6.07, 6.45) is 11.3. The Morgan fingerprint density at radius 3 is 2.23 bits per heavy atom. The van der Waals surface area contributed by atoms with Gasteiger partial charge in [-0.3, -0.25) is 0 Å². The minimum Gasteiger partial charge on any atom is -1.00 e. The van der Waals surface area contributed by atoms with Crippen LogP contribution in [0.2, 0.25) is 0 Å². The molecule has 0 spiro atoms. The molecule has 22 heavy (non-hydrogen) atoms. The number of halogens is 1. The largest absolute Gasteiger partial charge is 1.00 e. The maximum Gasteiger partial charge on any atom is 0.173 e. The maximum atomic E-state index is 4.21. The van der Waals surface area contributed by atoms with E-state index < -0.39 is 0 Å². The molecule has 1 saturated carbocycles. The summed E-state index contributed by atoms with van der Waals surface area (Å²) in [6.45, 7) is 5.07. The van der Waals surface area contributed by atoms with E-state index in [1.165, 1.54) is 43.2 Å². The molecule has 116 valence electrons. The average molecular weight is 358 g/mol. The van der Waals surface area contributed by atoms with Crippen LogP contribution in [0.4, 0.5) is 0 Å². The lowest BCUT2D eigenvalue weighted by Gasteiger charge is -2.21. The van der Waals surface area contributed by atoms with Crippen molar-refractivity contribution in [2.45, 2.75) is 44.6 Å². The van der Waals surface area contributed by atoms with Gasteiger partial charge >= 0.3 is 0 Å². The average Bonchev–Trinajstić information content (AvgIpc) is 2.57. The van der Waals surface area contributed by atoms with Gasteiger partial charge in [-0.1, -0.05) is 56.2 Å². The molecule has 1 nitrogen and oxygen atoms in total. The molecule has 1 aromatic carbocycles. The van der Waals surface area contributed by atoms with Crippen LogP contribution in [0.15, 0.2) is 61.4 Å². The van der Waals surface area contributed by atoms with Gasteiger partial charge in [0.25, 0.3) is 0 Å². The standard InChI is InChI=1S/C20H24N.BrH/c1-17(18-8-4-2-5-9-18)16-21-14-12-20(13-15-21)19-10-6-3-7-11-19;/h2,4-5,8-9,12-15,19H,1,3,6-7,10-11,16H2;1H/q+1;/p-1. The number of pyridine rings is 1. The van der Waals surface area contributed by atoms with Gasteiger partial charge in [-0.05, 0) is 29.9 Å². The number of hydrogen-bond donors (Lipinski definition) is 0. The summed E-state index contributed by atoms with van der Waals surface area (Å²) in [5.41, 5.74) is 3.89. The molecule has 0 amide bonds. The van der Waals surface area contributed by atoms with Gasteiger partial charge in [0, 0.05) is 17.7 Å². The summed E-state index contributed by atoms with van der Waals surface area (Å²) in [6, 6.07) is 15.0. The van der Waals surface area contributed by atoms with Crippen molar-refractivity contribution < 1.29 is 21.5 Å². The highest BCUT2D eigenvalue weighted by atomic mass is 79.9. The lowest BCUT2D eigenvalue weighted by molar-refractivity contribution is -0.684. The molecule has 1 aliphatic carbocycles. The number of nitrogens with zero attached hydrogens (tertiary/aromatic N) is 1. The van der Waals surface area contributed by atoms with Crippen LogP contribution in [-0.2, 0) is 6.54 Å². The van der Waals surface area contributed by atoms with Crippen LogP contribution in [0, 0.1) is 0 Å². The van der Waals surface area contributed by atoms with Gasteiger partial charge in [0.05, 0.1) is 0 Å². The molecule has 0 atom stereocenters. The summed E-state index contributed by atoms with van der Waals surface area (Å²) in [7, 11) is 0. The maximum absolute atomic E-state index is 4.21. The predicted octanol–water partition coefficient (Wildman–Crippen LogP) is 1.74. The first-order valence-electron chi connectivity index (χ1n) is 8.05. The third-order valence-electron chi connectivity index (χ3n) is 4.55. The van der Waals surface area contributed by atoms with Crippen molar-refractivity contribution in [3.8, 4) is 0 Å². The van der Waals surface area contributed by atoms with Crippen LogP contribution in [0.5, 0.6) is 0 Å². The fourth-order valence-corrected chi connectivity index (χ4v) is 3.27. The Hall–Kier alpha value is -1.41. The van der Waals surface area contributed by atoms with E-state index in [0.29, 0.717) is 0 Å². The first-order valence-corrected chi connectivity index (χ1v) is 8.05. The zero-order valence-corrected chi connectivity index (χ0v) is 14.6. The molecule has 1 fully saturated rings. The molecule has 0 bridgehead atoms. The van der Waals surface area contributed by atoms with Crippen LogP contribution in [0.3, 0.4) is 0 Å². The Balaban J connectivity index is 0.00000176. The second-order valence-corrected chi connectivity index (χ2v) is 6.11. The van der Waals surface area contributed by atoms with Crippen molar-refractivity contribution in [1.29, 1.82) is 0 Å². The smallest absolute Gasteiger partial charge is 0.173 e. The number of benzene rings is 1. The Labute approximate surface area is 144 Å². The van der Waals surface area contributed by atoms with Gasteiger partial charge < -0.3 is 17.0 Å². The van der Waals surface area contributed by atoms with E-state index in [2.05, 4.69) is 59.9 Å². The van der Waals surface area contributed by atoms with Gasteiger partial charge in [-0.2, -0.15) is 0 Å². The predicted molar refractivity (Wildman–Crippen MR) is 87.9 cm³/mol. The Morgan fingerprint density at radius 1 is 0.955 bits per heavy atom. The van der Waals surface area contributed by atoms with Crippen LogP contribution in [-0.4, -0.2) is 0 Å². The summed E-state index contributed by atoms with van der Waals surface area (Å²) in [5, 5.41) is 0. The normalized spacial score (nSPS) is 15.1. The van der Waals surface area contributed by atoms with Crippen molar-refractivity contribution in [2.24, 2.45) is 0 Å². The zero-order chi connectivity index (χ0) is 14.5. The van der Waals surface area contributed by atoms with Crippen LogP contribution < -0.4 is 21.5 Å². The Kier molecular flexibility index (Phi) is 6.38. The molecule has 0 aliphatic heterocycles. The highest BCUT2D eigenvalue weighted by Crippen LogP contribution is 2.31. The number of hydrogen-bond acceptors (Lipinski definition) is 0. The van der Waals surface area contributed by atoms with E-state index in [-0.39, 0.29) is 17.0 Å². The second-order valence-electron chi connectivity index (χ2n) is 6.11. The van der Waals surface area contributed by atoms with E-state index in [4.69, 9.17) is 0 Å². The quantitative estimate of drug-likeness (QED) is 0.733. The summed E-state index contributed by atoms with van der Waals surface area (Å²) < 4.78 is 2.22. The fourth-order valence-electron chi connectivity index (χ4n) is 3.27. The number of rotatable bonds is 4. The minimum atomic E-state index is 0. The molecule has 2 heteroatoms. The van der Waals surface area contributed by atoms with Crippen LogP contribution in [0.25, 0.3) is 5.57 Å². The first-order chi connectivity index (χ1) is 10.3. The van der Waals surface area contributed by atoms with E-state index in [0.717, 1.165) is 18.0 Å². The molecular formula is C20H24BrN. The highest BCUT2D eigenvalue weighted by molar-refractivity contribution is 5.61. The Morgan fingerprint density at radius 2 is 1.59 bits per heavy atom. The molecule has 0 unspecified atom stereocenters. The van der Waals surface area contributed by atoms with Crippen molar-refractivity contribution in [2.75, 3.05) is 0 Å². The zero-order valence-electron chi connectivity index (χ0n) is 13.0. The van der Waals surface area contributed by atoms with E-state index in [1.807, 2.05) is 6.07 Å². The van der Waals surface area contributed by atoms with E-state index >= 15 is 0 Å². The van der Waals surface area contributed by atoms with Gasteiger partial charge in [0.2, 0.25) is 0 Å². The molecular weight excluding hydrogens is 334 g/mol. The third-order valence-corrected chi connectivity index (χ3v) is 4.55. The molecule has 1 heterocycles. The summed E-state index contributed by atoms with van der Waals surface area (Å²) >= 11 is 0. The lowest BCUT2D eigenvalue weighted by atomic mass is 9.84. The van der Waals surface area contributed by atoms with Gasteiger partial charge in [0.1, 0.15) is 0 Å². The molecule has 1 aromatic heterocycles. The molecule has 0 saturated heterocycles. The SMILES string of the molecule is C=C(C[n+]1ccc(C2CCCCC2)cc1)c1ccccc1.[Br-]. The van der Waals surface area contributed by atoms with Gasteiger partial charge in [-0.25, -0.2) is 4.57 Å². The highest BCUT2D eigenvalue weighted by Gasteiger charge is 2.16. The monoisotopic (exact) mass is 357 g/mol. The van der Waals surface area contributed by atoms with Crippen LogP contribution >= 0.6 is 0 Å². The van der Waals surface area contributed by atoms with Crippen molar-refractivity contribution in [1.82, 2.24) is 0 Å². The van der Waals surface area contributed by atoms with E-state index in [9.17, 15) is 0 Å². The molecule has 0 radical (unpaired) electrons. The molecule has 2 aromatic rings. The second kappa shape index (κ2) is 8.28. The molecule has 3 rings (SSSR count). The van der Waals surface area contributed by atoms with E-state index in [1.54, 1.807) is 0 Å². The van der Waals surface area contributed by atoms with Crippen molar-refractivity contribution in [3.05, 3.63) is 72.6 Å². The van der Waals surface area contributed by atoms with Crippen molar-refractivity contribution >= 4 is 5.57 Å². The fraction of sp³-hybridized carbons (Fsp3) is 0.350. The first kappa shape index (κ1) is 17.0. The number of allylic oxidation sites excluding steroid dienone is 1. The van der Waals surface area contributed by atoms with Crippen molar-refractivity contribution in [3.63, 3.8) is 0 Å². The summed E-state index contributed by atoms with van der Waals surface area (Å²) in [4.78, 5) is 0. The van der Waals surface area contributed by atoms with Gasteiger partial charge in [-0.15, -0.1) is 0 Å². The topological polar surface area (TPSA) is 3.88 Å². The summed E-state index contributed by atoms with van der Waals surface area (Å²) in [5.74, 6) is 0.783. The Bertz CT molecular complexity index is 583. The molecule has 0 N–H and O–H groups in total. The molecule has 1 aliphatic rings. The third kappa shape index (κ3) is 4.30. The lowest BCUT2D eigenvalue weighted by Crippen LogP contribution is -3.00. The number of aromatic nitrogens is 1. The minimum absolute atomic E-state index is 0.